The van der Waals surface area contributed by atoms with Crippen LogP contribution in [0.5, 0.6) is 0 Å². The smallest absolute Gasteiger partial charge is 0.0715 e. The minimum Gasteiger partial charge on any atom is -0.315 e. The van der Waals surface area contributed by atoms with Crippen molar-refractivity contribution in [3.63, 3.8) is 0 Å². The molecule has 4 nitrogen and oxygen atoms in total. The summed E-state index contributed by atoms with van der Waals surface area (Å²) in [6.07, 6.45) is 10.1. The number of nitriles is 1. The Labute approximate surface area is 165 Å². The topological polar surface area (TPSA) is 44.9 Å². The van der Waals surface area contributed by atoms with Crippen LogP contribution in [0.3, 0.4) is 0 Å². The number of hydrogen-bond donors (Lipinski definition) is 0. The number of likely N-dealkylation sites (tertiary alicyclic amines) is 1. The summed E-state index contributed by atoms with van der Waals surface area (Å²) in [6, 6.07) is 12.3. The lowest BCUT2D eigenvalue weighted by atomic mass is 9.89. The molecular formula is C22H23ClN4. The zero-order chi connectivity index (χ0) is 18.6. The van der Waals surface area contributed by atoms with Crippen LogP contribution in [-0.2, 0) is 0 Å². The fraction of sp³-hybridized carbons (Fsp3) is 0.364. The molecule has 0 bridgehead atoms. The maximum absolute atomic E-state index is 8.72. The zero-order valence-corrected chi connectivity index (χ0v) is 16.1. The van der Waals surface area contributed by atoms with Gasteiger partial charge in [0.05, 0.1) is 17.8 Å². The highest BCUT2D eigenvalue weighted by atomic mass is 35.5. The molecule has 5 heteroatoms. The van der Waals surface area contributed by atoms with E-state index in [2.05, 4.69) is 44.9 Å². The molecule has 0 aliphatic carbocycles. The Hall–Kier alpha value is -2.35. The third-order valence-corrected chi connectivity index (χ3v) is 5.79. The van der Waals surface area contributed by atoms with Gasteiger partial charge in [0.1, 0.15) is 0 Å². The van der Waals surface area contributed by atoms with Crippen molar-refractivity contribution < 1.29 is 0 Å². The van der Waals surface area contributed by atoms with Crippen molar-refractivity contribution in [3.05, 3.63) is 59.5 Å². The summed E-state index contributed by atoms with van der Waals surface area (Å²) in [5, 5.41) is 10.8. The second-order valence-corrected chi connectivity index (χ2v) is 7.64. The summed E-state index contributed by atoms with van der Waals surface area (Å²) < 4.78 is 2.23. The second-order valence-electron chi connectivity index (χ2n) is 7.20. The maximum Gasteiger partial charge on any atom is 0.0715 e. The van der Waals surface area contributed by atoms with Gasteiger partial charge in [-0.05, 0) is 80.7 Å². The van der Waals surface area contributed by atoms with E-state index in [9.17, 15) is 0 Å². The van der Waals surface area contributed by atoms with Crippen molar-refractivity contribution in [1.29, 1.82) is 5.26 Å². The monoisotopic (exact) mass is 378 g/mol. The number of piperidine rings is 1. The lowest BCUT2D eigenvalue weighted by Crippen LogP contribution is -2.33. The Morgan fingerprint density at radius 3 is 2.67 bits per heavy atom. The molecule has 4 rings (SSSR count). The van der Waals surface area contributed by atoms with Gasteiger partial charge in [0.15, 0.2) is 0 Å². The van der Waals surface area contributed by atoms with Gasteiger partial charge >= 0.3 is 0 Å². The number of unbranched alkanes of at least 4 members (excludes halogenated alkanes) is 1. The molecule has 1 aliphatic rings. The Morgan fingerprint density at radius 2 is 1.93 bits per heavy atom. The van der Waals surface area contributed by atoms with Gasteiger partial charge < -0.3 is 9.47 Å². The largest absolute Gasteiger partial charge is 0.315 e. The molecule has 0 radical (unpaired) electrons. The van der Waals surface area contributed by atoms with E-state index in [1.54, 1.807) is 0 Å². The van der Waals surface area contributed by atoms with Crippen LogP contribution in [0.25, 0.3) is 16.6 Å². The Balaban J connectivity index is 1.58. The summed E-state index contributed by atoms with van der Waals surface area (Å²) in [6.45, 7) is 3.25. The quantitative estimate of drug-likeness (QED) is 0.576. The third-order valence-electron chi connectivity index (χ3n) is 5.53. The first-order chi connectivity index (χ1) is 13.3. The summed E-state index contributed by atoms with van der Waals surface area (Å²) in [7, 11) is 0. The van der Waals surface area contributed by atoms with Crippen LogP contribution < -0.4 is 0 Å². The van der Waals surface area contributed by atoms with Crippen LogP contribution in [0, 0.1) is 11.3 Å². The van der Waals surface area contributed by atoms with Gasteiger partial charge in [-0.1, -0.05) is 11.6 Å². The van der Waals surface area contributed by atoms with E-state index in [-0.39, 0.29) is 0 Å². The lowest BCUT2D eigenvalue weighted by molar-refractivity contribution is 0.211. The molecule has 0 amide bonds. The van der Waals surface area contributed by atoms with Crippen molar-refractivity contribution in [2.75, 3.05) is 19.6 Å². The number of aromatic nitrogens is 2. The molecule has 3 heterocycles. The molecule has 0 unspecified atom stereocenters. The minimum atomic E-state index is 0.565. The fourth-order valence-electron chi connectivity index (χ4n) is 4.09. The molecule has 3 aromatic rings. The molecule has 138 valence electrons. The normalized spacial score (nSPS) is 15.9. The Bertz CT molecular complexity index is 947. The van der Waals surface area contributed by atoms with E-state index in [1.165, 1.54) is 10.9 Å². The van der Waals surface area contributed by atoms with Crippen molar-refractivity contribution >= 4 is 22.5 Å². The van der Waals surface area contributed by atoms with E-state index in [0.29, 0.717) is 12.3 Å². The number of fused-ring (bicyclic) bond motifs is 1. The number of rotatable bonds is 5. The molecule has 27 heavy (non-hydrogen) atoms. The van der Waals surface area contributed by atoms with Crippen molar-refractivity contribution in [2.45, 2.75) is 31.6 Å². The SMILES string of the molecule is N#CCCCN1CCC(c2cn(-c3ccc(Cl)cc3)c3cnccc23)CC1. The fourth-order valence-corrected chi connectivity index (χ4v) is 4.22. The molecular weight excluding hydrogens is 356 g/mol. The van der Waals surface area contributed by atoms with Gasteiger partial charge in [0, 0.05) is 34.9 Å². The first-order valence-electron chi connectivity index (χ1n) is 9.56. The highest BCUT2D eigenvalue weighted by molar-refractivity contribution is 6.30. The van der Waals surface area contributed by atoms with Gasteiger partial charge in [-0.15, -0.1) is 0 Å². The minimum absolute atomic E-state index is 0.565. The van der Waals surface area contributed by atoms with Crippen LogP contribution in [-0.4, -0.2) is 34.1 Å². The Morgan fingerprint density at radius 1 is 1.15 bits per heavy atom. The molecule has 0 N–H and O–H groups in total. The first kappa shape index (κ1) is 18.0. The van der Waals surface area contributed by atoms with E-state index in [0.717, 1.165) is 55.1 Å². The third kappa shape index (κ3) is 3.85. The van der Waals surface area contributed by atoms with E-state index >= 15 is 0 Å². The summed E-state index contributed by atoms with van der Waals surface area (Å²) in [5.41, 5.74) is 3.67. The highest BCUT2D eigenvalue weighted by Gasteiger charge is 2.23. The van der Waals surface area contributed by atoms with E-state index < -0.39 is 0 Å². The molecule has 1 aromatic carbocycles. The molecule has 0 atom stereocenters. The summed E-state index contributed by atoms with van der Waals surface area (Å²) in [4.78, 5) is 6.84. The average molecular weight is 379 g/mol. The number of nitrogens with zero attached hydrogens (tertiary/aromatic N) is 4. The predicted octanol–water partition coefficient (Wildman–Crippen LogP) is 5.16. The Kier molecular flexibility index (Phi) is 5.42. The van der Waals surface area contributed by atoms with Crippen LogP contribution in [0.1, 0.15) is 37.2 Å². The lowest BCUT2D eigenvalue weighted by Gasteiger charge is -2.31. The number of halogens is 1. The maximum atomic E-state index is 8.72. The zero-order valence-electron chi connectivity index (χ0n) is 15.3. The molecule has 1 aliphatic heterocycles. The van der Waals surface area contributed by atoms with Crippen LogP contribution in [0.15, 0.2) is 48.9 Å². The van der Waals surface area contributed by atoms with Gasteiger partial charge in [-0.25, -0.2) is 0 Å². The van der Waals surface area contributed by atoms with Crippen molar-refractivity contribution in [1.82, 2.24) is 14.5 Å². The summed E-state index contributed by atoms with van der Waals surface area (Å²) >= 11 is 6.06. The second kappa shape index (κ2) is 8.12. The molecule has 1 saturated heterocycles. The first-order valence-corrected chi connectivity index (χ1v) is 9.94. The average Bonchev–Trinajstić information content (AvgIpc) is 3.09. The van der Waals surface area contributed by atoms with Crippen molar-refractivity contribution in [3.8, 4) is 11.8 Å². The van der Waals surface area contributed by atoms with Gasteiger partial charge in [-0.3, -0.25) is 4.98 Å². The molecule has 1 fully saturated rings. The number of hydrogen-bond acceptors (Lipinski definition) is 3. The van der Waals surface area contributed by atoms with Crippen LogP contribution in [0.2, 0.25) is 5.02 Å². The van der Waals surface area contributed by atoms with Gasteiger partial charge in [-0.2, -0.15) is 5.26 Å². The van der Waals surface area contributed by atoms with Crippen LogP contribution in [0.4, 0.5) is 0 Å². The molecule has 2 aromatic heterocycles. The summed E-state index contributed by atoms with van der Waals surface area (Å²) in [5.74, 6) is 0.565. The van der Waals surface area contributed by atoms with E-state index in [1.807, 2.05) is 24.5 Å². The standard InChI is InChI=1S/C22H23ClN4/c23-18-3-5-19(6-4-18)27-16-21(20-7-11-25-15-22(20)27)17-8-13-26(14-9-17)12-2-1-10-24/h3-7,11,15-17H,1-2,8-9,12-14H2. The number of benzene rings is 1. The van der Waals surface area contributed by atoms with Crippen molar-refractivity contribution in [2.24, 2.45) is 0 Å². The molecule has 0 spiro atoms. The molecule has 0 saturated carbocycles. The van der Waals surface area contributed by atoms with Gasteiger partial charge in [0.2, 0.25) is 0 Å². The van der Waals surface area contributed by atoms with Crippen LogP contribution >= 0.6 is 11.6 Å². The predicted molar refractivity (Wildman–Crippen MR) is 109 cm³/mol. The van der Waals surface area contributed by atoms with E-state index in [4.69, 9.17) is 16.9 Å². The highest BCUT2D eigenvalue weighted by Crippen LogP contribution is 2.35. The van der Waals surface area contributed by atoms with Gasteiger partial charge in [0.25, 0.3) is 0 Å². The number of pyridine rings is 1.